The third kappa shape index (κ3) is 3.13. The van der Waals surface area contributed by atoms with Gasteiger partial charge in [-0.05, 0) is 24.3 Å². The largest absolute Gasteiger partial charge is 0.273 e. The molecule has 1 heterocycles. The van der Waals surface area contributed by atoms with Crippen molar-refractivity contribution < 1.29 is 14.0 Å². The van der Waals surface area contributed by atoms with E-state index in [-0.39, 0.29) is 25.4 Å². The first-order valence-corrected chi connectivity index (χ1v) is 8.40. The molecule has 0 bridgehead atoms. The molecule has 1 aliphatic rings. The van der Waals surface area contributed by atoms with Gasteiger partial charge in [-0.3, -0.25) is 9.59 Å². The van der Waals surface area contributed by atoms with E-state index in [9.17, 15) is 14.0 Å². The molecule has 7 heteroatoms. The van der Waals surface area contributed by atoms with Gasteiger partial charge in [0.15, 0.2) is 4.32 Å². The second kappa shape index (κ2) is 6.84. The Morgan fingerprint density at radius 2 is 1.83 bits per heavy atom. The first kappa shape index (κ1) is 16.8. The summed E-state index contributed by atoms with van der Waals surface area (Å²) in [6.45, 7) is 0. The van der Waals surface area contributed by atoms with Crippen molar-refractivity contribution in [2.75, 3.05) is 0 Å². The van der Waals surface area contributed by atoms with Crippen molar-refractivity contribution in [1.29, 1.82) is 0 Å². The average Bonchev–Trinajstić information content (AvgIpc) is 2.83. The Balaban J connectivity index is 1.94. The molecule has 0 aromatic heterocycles. The molecule has 3 rings (SSSR count). The minimum atomic E-state index is -0.597. The number of thioether (sulfide) groups is 1. The first-order valence-electron chi connectivity index (χ1n) is 6.80. The summed E-state index contributed by atoms with van der Waals surface area (Å²) in [7, 11) is 0. The van der Waals surface area contributed by atoms with Crippen LogP contribution < -0.4 is 0 Å². The number of hydrogen-bond donors (Lipinski definition) is 0. The molecule has 1 aliphatic heterocycles. The SMILES string of the molecule is O=C1C(=Cc2ccccc2F)SC(=S)N1C(=O)c1ccccc1Cl. The zero-order valence-corrected chi connectivity index (χ0v) is 14.4. The van der Waals surface area contributed by atoms with Gasteiger partial charge in [-0.15, -0.1) is 0 Å². The molecule has 0 saturated carbocycles. The fourth-order valence-electron chi connectivity index (χ4n) is 2.13. The van der Waals surface area contributed by atoms with Crippen LogP contribution in [0.2, 0.25) is 5.02 Å². The summed E-state index contributed by atoms with van der Waals surface area (Å²) in [5.41, 5.74) is 0.436. The summed E-state index contributed by atoms with van der Waals surface area (Å²) in [6.07, 6.45) is 1.38. The van der Waals surface area contributed by atoms with Gasteiger partial charge in [0.2, 0.25) is 0 Å². The lowest BCUT2D eigenvalue weighted by Crippen LogP contribution is -2.34. The molecular formula is C17H9ClFNO2S2. The maximum atomic E-state index is 13.7. The van der Waals surface area contributed by atoms with Crippen LogP contribution in [-0.2, 0) is 4.79 Å². The molecule has 0 aliphatic carbocycles. The van der Waals surface area contributed by atoms with Crippen LogP contribution in [0, 0.1) is 5.82 Å². The van der Waals surface area contributed by atoms with Crippen molar-refractivity contribution in [2.24, 2.45) is 0 Å². The van der Waals surface area contributed by atoms with E-state index in [4.69, 9.17) is 23.8 Å². The third-order valence-electron chi connectivity index (χ3n) is 3.29. The number of halogens is 2. The maximum Gasteiger partial charge on any atom is 0.273 e. The van der Waals surface area contributed by atoms with Gasteiger partial charge in [0, 0.05) is 5.56 Å². The van der Waals surface area contributed by atoms with E-state index in [1.807, 2.05) is 0 Å². The van der Waals surface area contributed by atoms with Crippen LogP contribution in [-0.4, -0.2) is 21.0 Å². The molecule has 0 atom stereocenters. The molecule has 2 aromatic rings. The Morgan fingerprint density at radius 3 is 2.54 bits per heavy atom. The molecular weight excluding hydrogens is 369 g/mol. The minimum Gasteiger partial charge on any atom is -0.268 e. The summed E-state index contributed by atoms with van der Waals surface area (Å²) in [6, 6.07) is 12.4. The Bertz CT molecular complexity index is 898. The standard InChI is InChI=1S/C17H9ClFNO2S2/c18-12-7-3-2-6-11(12)15(21)20-16(22)14(24-17(20)23)9-10-5-1-4-8-13(10)19/h1-9H. The Labute approximate surface area is 152 Å². The average molecular weight is 378 g/mol. The van der Waals surface area contributed by atoms with Gasteiger partial charge < -0.3 is 0 Å². The summed E-state index contributed by atoms with van der Waals surface area (Å²) < 4.78 is 13.8. The zero-order valence-electron chi connectivity index (χ0n) is 12.0. The molecule has 1 fully saturated rings. The highest BCUT2D eigenvalue weighted by Crippen LogP contribution is 2.34. The van der Waals surface area contributed by atoms with Crippen LogP contribution in [0.5, 0.6) is 0 Å². The predicted octanol–water partition coefficient (Wildman–Crippen LogP) is 4.52. The van der Waals surface area contributed by atoms with E-state index in [1.54, 1.807) is 30.3 Å². The third-order valence-corrected chi connectivity index (χ3v) is 4.92. The molecule has 24 heavy (non-hydrogen) atoms. The van der Waals surface area contributed by atoms with E-state index in [2.05, 4.69) is 0 Å². The molecule has 1 saturated heterocycles. The van der Waals surface area contributed by atoms with Gasteiger partial charge in [-0.2, -0.15) is 0 Å². The van der Waals surface area contributed by atoms with E-state index in [0.717, 1.165) is 16.7 Å². The fourth-order valence-corrected chi connectivity index (χ4v) is 3.59. The predicted molar refractivity (Wildman–Crippen MR) is 97.2 cm³/mol. The van der Waals surface area contributed by atoms with Crippen LogP contribution in [0.3, 0.4) is 0 Å². The topological polar surface area (TPSA) is 37.4 Å². The summed E-state index contributed by atoms with van der Waals surface area (Å²) in [4.78, 5) is 26.2. The number of carbonyl (C=O) groups excluding carboxylic acids is 2. The van der Waals surface area contributed by atoms with E-state index >= 15 is 0 Å². The van der Waals surface area contributed by atoms with E-state index in [1.165, 1.54) is 24.3 Å². The number of imide groups is 1. The molecule has 0 N–H and O–H groups in total. The van der Waals surface area contributed by atoms with Crippen molar-refractivity contribution in [3.8, 4) is 0 Å². The quantitative estimate of drug-likeness (QED) is 0.438. The summed E-state index contributed by atoms with van der Waals surface area (Å²) in [5, 5.41) is 0.231. The number of nitrogens with zero attached hydrogens (tertiary/aromatic N) is 1. The number of hydrogen-bond acceptors (Lipinski definition) is 4. The lowest BCUT2D eigenvalue weighted by molar-refractivity contribution is -0.120. The summed E-state index contributed by atoms with van der Waals surface area (Å²) >= 11 is 12.1. The van der Waals surface area contributed by atoms with Gasteiger partial charge in [0.05, 0.1) is 15.5 Å². The fraction of sp³-hybridized carbons (Fsp3) is 0. The first-order chi connectivity index (χ1) is 11.5. The zero-order chi connectivity index (χ0) is 17.3. The number of carbonyl (C=O) groups is 2. The van der Waals surface area contributed by atoms with Gasteiger partial charge in [-0.1, -0.05) is 65.9 Å². The number of thiocarbonyl (C=S) groups is 1. The van der Waals surface area contributed by atoms with Crippen LogP contribution in [0.1, 0.15) is 15.9 Å². The molecule has 120 valence electrons. The number of amides is 2. The minimum absolute atomic E-state index is 0.0903. The van der Waals surface area contributed by atoms with Crippen molar-refractivity contribution >= 4 is 57.8 Å². The number of benzene rings is 2. The second-order valence-corrected chi connectivity index (χ2v) is 6.91. The van der Waals surface area contributed by atoms with Crippen molar-refractivity contribution in [1.82, 2.24) is 4.90 Å². The van der Waals surface area contributed by atoms with Crippen LogP contribution >= 0.6 is 35.6 Å². The smallest absolute Gasteiger partial charge is 0.268 e. The highest BCUT2D eigenvalue weighted by atomic mass is 35.5. The monoisotopic (exact) mass is 377 g/mol. The molecule has 0 unspecified atom stereocenters. The van der Waals surface area contributed by atoms with Crippen LogP contribution in [0.4, 0.5) is 4.39 Å². The second-order valence-electron chi connectivity index (χ2n) is 4.82. The van der Waals surface area contributed by atoms with Crippen LogP contribution in [0.25, 0.3) is 6.08 Å². The Morgan fingerprint density at radius 1 is 1.17 bits per heavy atom. The Kier molecular flexibility index (Phi) is 4.80. The Hall–Kier alpha value is -2.02. The summed E-state index contributed by atoms with van der Waals surface area (Å²) in [5.74, 6) is -1.64. The van der Waals surface area contributed by atoms with Gasteiger partial charge >= 0.3 is 0 Å². The van der Waals surface area contributed by atoms with Gasteiger partial charge in [-0.25, -0.2) is 9.29 Å². The van der Waals surface area contributed by atoms with Gasteiger partial charge in [0.1, 0.15) is 5.82 Å². The van der Waals surface area contributed by atoms with Crippen molar-refractivity contribution in [3.05, 3.63) is 75.4 Å². The lowest BCUT2D eigenvalue weighted by atomic mass is 10.2. The molecule has 0 radical (unpaired) electrons. The highest BCUT2D eigenvalue weighted by Gasteiger charge is 2.38. The normalized spacial score (nSPS) is 16.1. The van der Waals surface area contributed by atoms with Gasteiger partial charge in [0.25, 0.3) is 11.8 Å². The van der Waals surface area contributed by atoms with E-state index < -0.39 is 17.6 Å². The lowest BCUT2D eigenvalue weighted by Gasteiger charge is -2.13. The molecule has 3 nitrogen and oxygen atoms in total. The van der Waals surface area contributed by atoms with Crippen molar-refractivity contribution in [3.63, 3.8) is 0 Å². The maximum absolute atomic E-state index is 13.7. The molecule has 0 spiro atoms. The molecule has 2 amide bonds. The number of rotatable bonds is 2. The van der Waals surface area contributed by atoms with Crippen molar-refractivity contribution in [2.45, 2.75) is 0 Å². The van der Waals surface area contributed by atoms with Crippen LogP contribution in [0.15, 0.2) is 53.4 Å². The molecule has 2 aromatic carbocycles. The van der Waals surface area contributed by atoms with E-state index in [0.29, 0.717) is 0 Å². The highest BCUT2D eigenvalue weighted by molar-refractivity contribution is 8.26.